The lowest BCUT2D eigenvalue weighted by molar-refractivity contribution is 0.0539. The van der Waals surface area contributed by atoms with Crippen molar-refractivity contribution in [3.05, 3.63) is 18.3 Å². The summed E-state index contributed by atoms with van der Waals surface area (Å²) in [6.07, 6.45) is 5.56. The van der Waals surface area contributed by atoms with E-state index in [2.05, 4.69) is 22.4 Å². The Hall–Kier alpha value is -1.69. The Kier molecular flexibility index (Phi) is 4.89. The molecule has 110 valence electrons. The Bertz CT molecular complexity index is 432. The summed E-state index contributed by atoms with van der Waals surface area (Å²) < 4.78 is 5.36. The lowest BCUT2D eigenvalue weighted by Gasteiger charge is -2.37. The number of ether oxygens (including phenoxy) is 1. The van der Waals surface area contributed by atoms with Gasteiger partial charge in [0.1, 0.15) is 0 Å². The van der Waals surface area contributed by atoms with Gasteiger partial charge in [-0.15, -0.1) is 5.10 Å². The van der Waals surface area contributed by atoms with E-state index in [0.717, 1.165) is 32.2 Å². The predicted octanol–water partition coefficient (Wildman–Crippen LogP) is 2.29. The fourth-order valence-electron chi connectivity index (χ4n) is 3.02. The van der Waals surface area contributed by atoms with Crippen LogP contribution in [-0.2, 0) is 4.74 Å². The molecule has 1 aliphatic heterocycles. The van der Waals surface area contributed by atoms with Crippen LogP contribution in [0.2, 0.25) is 0 Å². The SMILES string of the molecule is CCCC1(COC)CCCN1C(=O)Nc1cccnn1. The minimum Gasteiger partial charge on any atom is -0.382 e. The molecule has 1 aromatic heterocycles. The van der Waals surface area contributed by atoms with Crippen molar-refractivity contribution >= 4 is 11.8 Å². The Balaban J connectivity index is 2.10. The van der Waals surface area contributed by atoms with Crippen molar-refractivity contribution in [3.63, 3.8) is 0 Å². The Morgan fingerprint density at radius 1 is 1.60 bits per heavy atom. The number of amides is 2. The lowest BCUT2D eigenvalue weighted by atomic mass is 9.91. The van der Waals surface area contributed by atoms with Crippen LogP contribution in [0.25, 0.3) is 0 Å². The molecule has 2 heterocycles. The van der Waals surface area contributed by atoms with Crippen molar-refractivity contribution in [1.82, 2.24) is 15.1 Å². The molecule has 0 saturated carbocycles. The number of hydrogen-bond donors (Lipinski definition) is 1. The molecular formula is C14H22N4O2. The lowest BCUT2D eigenvalue weighted by Crippen LogP contribution is -2.52. The predicted molar refractivity (Wildman–Crippen MR) is 76.5 cm³/mol. The van der Waals surface area contributed by atoms with Crippen LogP contribution in [0.5, 0.6) is 0 Å². The smallest absolute Gasteiger partial charge is 0.323 e. The van der Waals surface area contributed by atoms with Crippen LogP contribution in [0.3, 0.4) is 0 Å². The molecule has 1 N–H and O–H groups in total. The van der Waals surface area contributed by atoms with E-state index in [1.165, 1.54) is 0 Å². The number of nitrogens with zero attached hydrogens (tertiary/aromatic N) is 3. The number of rotatable bonds is 5. The Morgan fingerprint density at radius 2 is 2.45 bits per heavy atom. The normalized spacial score (nSPS) is 22.0. The van der Waals surface area contributed by atoms with E-state index in [0.29, 0.717) is 12.4 Å². The molecule has 6 nitrogen and oxygen atoms in total. The number of likely N-dealkylation sites (tertiary alicyclic amines) is 1. The monoisotopic (exact) mass is 278 g/mol. The molecule has 0 radical (unpaired) electrons. The number of carbonyl (C=O) groups is 1. The third-order valence-corrected chi connectivity index (χ3v) is 3.78. The highest BCUT2D eigenvalue weighted by Gasteiger charge is 2.43. The summed E-state index contributed by atoms with van der Waals surface area (Å²) in [5, 5.41) is 10.5. The van der Waals surface area contributed by atoms with Gasteiger partial charge in [-0.05, 0) is 31.4 Å². The number of aromatic nitrogens is 2. The highest BCUT2D eigenvalue weighted by atomic mass is 16.5. The second kappa shape index (κ2) is 6.65. The third-order valence-electron chi connectivity index (χ3n) is 3.78. The largest absolute Gasteiger partial charge is 0.382 e. The Morgan fingerprint density at radius 3 is 3.10 bits per heavy atom. The van der Waals surface area contributed by atoms with Gasteiger partial charge < -0.3 is 9.64 Å². The summed E-state index contributed by atoms with van der Waals surface area (Å²) in [6, 6.07) is 3.37. The first kappa shape index (κ1) is 14.7. The highest BCUT2D eigenvalue weighted by molar-refractivity contribution is 5.89. The first-order valence-corrected chi connectivity index (χ1v) is 7.07. The molecule has 0 aliphatic carbocycles. The van der Waals surface area contributed by atoms with Crippen molar-refractivity contribution in [2.45, 2.75) is 38.1 Å². The van der Waals surface area contributed by atoms with Crippen molar-refractivity contribution in [2.75, 3.05) is 25.6 Å². The van der Waals surface area contributed by atoms with Crippen LogP contribution in [0.1, 0.15) is 32.6 Å². The summed E-state index contributed by atoms with van der Waals surface area (Å²) >= 11 is 0. The van der Waals surface area contributed by atoms with Gasteiger partial charge in [-0.25, -0.2) is 4.79 Å². The summed E-state index contributed by atoms with van der Waals surface area (Å²) in [5.74, 6) is 0.479. The first-order valence-electron chi connectivity index (χ1n) is 7.07. The highest BCUT2D eigenvalue weighted by Crippen LogP contribution is 2.34. The molecule has 0 spiro atoms. The van der Waals surface area contributed by atoms with E-state index in [1.54, 1.807) is 25.4 Å². The summed E-state index contributed by atoms with van der Waals surface area (Å²) in [5.41, 5.74) is -0.185. The third kappa shape index (κ3) is 3.07. The molecular weight excluding hydrogens is 256 g/mol. The number of anilines is 1. The molecule has 1 aromatic rings. The van der Waals surface area contributed by atoms with E-state index < -0.39 is 0 Å². The maximum absolute atomic E-state index is 12.5. The summed E-state index contributed by atoms with van der Waals surface area (Å²) in [6.45, 7) is 3.47. The molecule has 0 aromatic carbocycles. The molecule has 1 unspecified atom stereocenters. The van der Waals surface area contributed by atoms with Crippen molar-refractivity contribution in [2.24, 2.45) is 0 Å². The quantitative estimate of drug-likeness (QED) is 0.897. The number of methoxy groups -OCH3 is 1. The topological polar surface area (TPSA) is 67.3 Å². The van der Waals surface area contributed by atoms with Gasteiger partial charge in [0.15, 0.2) is 5.82 Å². The molecule has 0 bridgehead atoms. The first-order chi connectivity index (χ1) is 9.72. The molecule has 1 saturated heterocycles. The molecule has 1 atom stereocenters. The zero-order chi connectivity index (χ0) is 14.4. The summed E-state index contributed by atoms with van der Waals surface area (Å²) in [7, 11) is 1.69. The van der Waals surface area contributed by atoms with Gasteiger partial charge >= 0.3 is 6.03 Å². The van der Waals surface area contributed by atoms with Gasteiger partial charge in [-0.1, -0.05) is 13.3 Å². The van der Waals surface area contributed by atoms with Crippen molar-refractivity contribution < 1.29 is 9.53 Å². The minimum absolute atomic E-state index is 0.117. The van der Waals surface area contributed by atoms with Crippen LogP contribution in [0, 0.1) is 0 Å². The molecule has 6 heteroatoms. The molecule has 1 aliphatic rings. The van der Waals surface area contributed by atoms with Crippen molar-refractivity contribution in [1.29, 1.82) is 0 Å². The molecule has 20 heavy (non-hydrogen) atoms. The standard InChI is InChI=1S/C14H22N4O2/c1-3-7-14(11-20-2)8-5-10-18(14)13(19)16-12-6-4-9-15-17-12/h4,6,9H,3,5,7-8,10-11H2,1-2H3,(H,16,17,19). The van der Waals surface area contributed by atoms with E-state index in [4.69, 9.17) is 4.74 Å². The maximum Gasteiger partial charge on any atom is 0.323 e. The number of urea groups is 1. The van der Waals surface area contributed by atoms with Crippen LogP contribution in [-0.4, -0.2) is 46.9 Å². The fourth-order valence-corrected chi connectivity index (χ4v) is 3.02. The number of carbonyl (C=O) groups excluding carboxylic acids is 1. The van der Waals surface area contributed by atoms with Crippen LogP contribution < -0.4 is 5.32 Å². The van der Waals surface area contributed by atoms with Gasteiger partial charge in [0, 0.05) is 19.9 Å². The fraction of sp³-hybridized carbons (Fsp3) is 0.643. The van der Waals surface area contributed by atoms with E-state index in [1.807, 2.05) is 4.90 Å². The van der Waals surface area contributed by atoms with Crippen LogP contribution in [0.4, 0.5) is 10.6 Å². The minimum atomic E-state index is -0.185. The van der Waals surface area contributed by atoms with E-state index in [-0.39, 0.29) is 11.6 Å². The zero-order valence-corrected chi connectivity index (χ0v) is 12.1. The molecule has 2 amide bonds. The van der Waals surface area contributed by atoms with Gasteiger partial charge in [0.25, 0.3) is 0 Å². The van der Waals surface area contributed by atoms with E-state index in [9.17, 15) is 4.79 Å². The number of hydrogen-bond acceptors (Lipinski definition) is 4. The number of nitrogens with one attached hydrogen (secondary N) is 1. The van der Waals surface area contributed by atoms with E-state index >= 15 is 0 Å². The molecule has 1 fully saturated rings. The van der Waals surface area contributed by atoms with Gasteiger partial charge in [-0.2, -0.15) is 5.10 Å². The zero-order valence-electron chi connectivity index (χ0n) is 12.1. The van der Waals surface area contributed by atoms with Crippen LogP contribution in [0.15, 0.2) is 18.3 Å². The van der Waals surface area contributed by atoms with Gasteiger partial charge in [0.2, 0.25) is 0 Å². The Labute approximate surface area is 119 Å². The maximum atomic E-state index is 12.5. The second-order valence-electron chi connectivity index (χ2n) is 5.20. The van der Waals surface area contributed by atoms with Crippen molar-refractivity contribution in [3.8, 4) is 0 Å². The second-order valence-corrected chi connectivity index (χ2v) is 5.20. The van der Waals surface area contributed by atoms with Gasteiger partial charge in [-0.3, -0.25) is 5.32 Å². The molecule has 2 rings (SSSR count). The average Bonchev–Trinajstić information content (AvgIpc) is 2.84. The average molecular weight is 278 g/mol. The van der Waals surface area contributed by atoms with Crippen LogP contribution >= 0.6 is 0 Å². The summed E-state index contributed by atoms with van der Waals surface area (Å²) in [4.78, 5) is 14.4. The van der Waals surface area contributed by atoms with Gasteiger partial charge in [0.05, 0.1) is 12.1 Å².